The van der Waals surface area contributed by atoms with Crippen molar-refractivity contribution in [1.82, 2.24) is 19.9 Å². The largest absolute Gasteiger partial charge is 0.345 e. The van der Waals surface area contributed by atoms with Gasteiger partial charge in [0.25, 0.3) is 5.91 Å². The van der Waals surface area contributed by atoms with Crippen molar-refractivity contribution < 1.29 is 4.79 Å². The van der Waals surface area contributed by atoms with Crippen molar-refractivity contribution in [2.24, 2.45) is 0 Å². The summed E-state index contributed by atoms with van der Waals surface area (Å²) in [5.74, 6) is 0.655. The molecule has 2 N–H and O–H groups in total. The molecule has 0 fully saturated rings. The molecule has 0 spiro atoms. The minimum absolute atomic E-state index is 0.101. The zero-order chi connectivity index (χ0) is 18.3. The topological polar surface area (TPSA) is 62.7 Å². The first kappa shape index (κ1) is 16.4. The smallest absolute Gasteiger partial charge is 0.251 e. The predicted molar refractivity (Wildman–Crippen MR) is 104 cm³/mol. The molecular formula is C21H22N4O. The fraction of sp³-hybridized carbons (Fsp3) is 0.238. The zero-order valence-corrected chi connectivity index (χ0v) is 15.2. The Kier molecular flexibility index (Phi) is 3.99. The van der Waals surface area contributed by atoms with Crippen LogP contribution in [0.2, 0.25) is 0 Å². The van der Waals surface area contributed by atoms with Crippen LogP contribution in [0.5, 0.6) is 0 Å². The number of fused-ring (bicyclic) bond motifs is 2. The number of para-hydroxylation sites is 2. The Labute approximate surface area is 152 Å². The van der Waals surface area contributed by atoms with Gasteiger partial charge in [0.05, 0.1) is 17.1 Å². The number of nitrogens with zero attached hydrogens (tertiary/aromatic N) is 2. The van der Waals surface area contributed by atoms with Crippen molar-refractivity contribution in [3.63, 3.8) is 0 Å². The summed E-state index contributed by atoms with van der Waals surface area (Å²) in [6, 6.07) is 15.9. The second-order valence-corrected chi connectivity index (χ2v) is 6.92. The van der Waals surface area contributed by atoms with Gasteiger partial charge in [-0.3, -0.25) is 4.79 Å². The molecule has 0 saturated heterocycles. The summed E-state index contributed by atoms with van der Waals surface area (Å²) >= 11 is 0. The maximum absolute atomic E-state index is 12.7. The van der Waals surface area contributed by atoms with Crippen molar-refractivity contribution in [3.8, 4) is 0 Å². The molecule has 5 nitrogen and oxygen atoms in total. The number of amides is 1. The lowest BCUT2D eigenvalue weighted by molar-refractivity contribution is 0.0938. The lowest BCUT2D eigenvalue weighted by atomic mass is 10.1. The monoisotopic (exact) mass is 346 g/mol. The summed E-state index contributed by atoms with van der Waals surface area (Å²) in [5.41, 5.74) is 3.60. The van der Waals surface area contributed by atoms with E-state index in [0.717, 1.165) is 27.8 Å². The van der Waals surface area contributed by atoms with Crippen LogP contribution in [-0.2, 0) is 0 Å². The number of hydrogen-bond donors (Lipinski definition) is 2. The number of aromatic nitrogens is 3. The van der Waals surface area contributed by atoms with Crippen molar-refractivity contribution in [3.05, 3.63) is 66.1 Å². The van der Waals surface area contributed by atoms with E-state index in [1.165, 1.54) is 0 Å². The number of aromatic amines is 1. The summed E-state index contributed by atoms with van der Waals surface area (Å²) in [7, 11) is 0. The van der Waals surface area contributed by atoms with Crippen LogP contribution in [0.4, 0.5) is 0 Å². The summed E-state index contributed by atoms with van der Waals surface area (Å²) in [5, 5.41) is 4.18. The van der Waals surface area contributed by atoms with Crippen LogP contribution in [0.3, 0.4) is 0 Å². The van der Waals surface area contributed by atoms with Gasteiger partial charge in [-0.25, -0.2) is 4.98 Å². The highest BCUT2D eigenvalue weighted by Gasteiger charge is 2.16. The number of imidazole rings is 1. The second kappa shape index (κ2) is 6.33. The molecule has 0 bridgehead atoms. The molecule has 0 aliphatic carbocycles. The van der Waals surface area contributed by atoms with Gasteiger partial charge in [-0.2, -0.15) is 0 Å². The van der Waals surface area contributed by atoms with Crippen molar-refractivity contribution in [2.75, 3.05) is 0 Å². The number of rotatable bonds is 4. The molecule has 132 valence electrons. The van der Waals surface area contributed by atoms with E-state index in [2.05, 4.69) is 46.0 Å². The van der Waals surface area contributed by atoms with E-state index in [1.54, 1.807) is 0 Å². The average molecular weight is 346 g/mol. The molecule has 0 aliphatic heterocycles. The molecule has 0 aliphatic rings. The van der Waals surface area contributed by atoms with Crippen LogP contribution < -0.4 is 5.32 Å². The van der Waals surface area contributed by atoms with Gasteiger partial charge in [0.15, 0.2) is 0 Å². The maximum atomic E-state index is 12.7. The third-order valence-electron chi connectivity index (χ3n) is 4.71. The molecule has 1 unspecified atom stereocenters. The first-order valence-electron chi connectivity index (χ1n) is 8.89. The van der Waals surface area contributed by atoms with E-state index in [4.69, 9.17) is 0 Å². The van der Waals surface area contributed by atoms with Crippen LogP contribution in [0, 0.1) is 0 Å². The summed E-state index contributed by atoms with van der Waals surface area (Å²) in [6.45, 7) is 6.20. The van der Waals surface area contributed by atoms with Crippen LogP contribution in [0.25, 0.3) is 21.9 Å². The molecule has 2 heterocycles. The molecule has 0 saturated carbocycles. The SMILES string of the molecule is CC(NC(=O)c1ccc2ccn(C(C)C)c2c1)c1nc2ccccc2[nH]1. The Morgan fingerprint density at radius 2 is 1.92 bits per heavy atom. The predicted octanol–water partition coefficient (Wildman–Crippen LogP) is 4.59. The summed E-state index contributed by atoms with van der Waals surface area (Å²) in [4.78, 5) is 20.6. The van der Waals surface area contributed by atoms with Gasteiger partial charge in [0, 0.05) is 23.3 Å². The molecule has 0 radical (unpaired) electrons. The van der Waals surface area contributed by atoms with Crippen LogP contribution in [0.1, 0.15) is 49.0 Å². The fourth-order valence-corrected chi connectivity index (χ4v) is 3.27. The van der Waals surface area contributed by atoms with E-state index in [9.17, 15) is 4.79 Å². The Morgan fingerprint density at radius 1 is 1.12 bits per heavy atom. The van der Waals surface area contributed by atoms with Gasteiger partial charge in [-0.1, -0.05) is 18.2 Å². The quantitative estimate of drug-likeness (QED) is 0.568. The van der Waals surface area contributed by atoms with Gasteiger partial charge in [-0.05, 0) is 56.5 Å². The molecule has 5 heteroatoms. The number of benzene rings is 2. The molecule has 2 aromatic carbocycles. The number of carbonyl (C=O) groups is 1. The van der Waals surface area contributed by atoms with Crippen molar-refractivity contribution >= 4 is 27.8 Å². The minimum Gasteiger partial charge on any atom is -0.345 e. The highest BCUT2D eigenvalue weighted by Crippen LogP contribution is 2.22. The number of H-pyrrole nitrogens is 1. The molecule has 1 amide bonds. The molecule has 1 atom stereocenters. The van der Waals surface area contributed by atoms with Gasteiger partial charge in [0.2, 0.25) is 0 Å². The molecule has 4 rings (SSSR count). The van der Waals surface area contributed by atoms with Crippen LogP contribution in [0.15, 0.2) is 54.7 Å². The number of carbonyl (C=O) groups excluding carboxylic acids is 1. The van der Waals surface area contributed by atoms with Crippen LogP contribution in [-0.4, -0.2) is 20.4 Å². The summed E-state index contributed by atoms with van der Waals surface area (Å²) in [6.07, 6.45) is 2.06. The Balaban J connectivity index is 1.59. The van der Waals surface area contributed by atoms with E-state index in [1.807, 2.05) is 49.4 Å². The van der Waals surface area contributed by atoms with Crippen LogP contribution >= 0.6 is 0 Å². The minimum atomic E-state index is -0.206. The highest BCUT2D eigenvalue weighted by atomic mass is 16.1. The lowest BCUT2D eigenvalue weighted by Crippen LogP contribution is -2.27. The van der Waals surface area contributed by atoms with Gasteiger partial charge in [0.1, 0.15) is 5.82 Å². The molecule has 4 aromatic rings. The summed E-state index contributed by atoms with van der Waals surface area (Å²) < 4.78 is 2.18. The van der Waals surface area contributed by atoms with E-state index < -0.39 is 0 Å². The zero-order valence-electron chi connectivity index (χ0n) is 15.2. The average Bonchev–Trinajstić information content (AvgIpc) is 3.25. The van der Waals surface area contributed by atoms with E-state index >= 15 is 0 Å². The Hall–Kier alpha value is -3.08. The molecule has 2 aromatic heterocycles. The van der Waals surface area contributed by atoms with Gasteiger partial charge >= 0.3 is 0 Å². The lowest BCUT2D eigenvalue weighted by Gasteiger charge is -2.13. The third-order valence-corrected chi connectivity index (χ3v) is 4.71. The maximum Gasteiger partial charge on any atom is 0.251 e. The molecular weight excluding hydrogens is 324 g/mol. The normalized spacial score (nSPS) is 12.8. The number of hydrogen-bond acceptors (Lipinski definition) is 2. The van der Waals surface area contributed by atoms with Gasteiger partial charge in [-0.15, -0.1) is 0 Å². The fourth-order valence-electron chi connectivity index (χ4n) is 3.27. The first-order chi connectivity index (χ1) is 12.5. The van der Waals surface area contributed by atoms with Crippen molar-refractivity contribution in [1.29, 1.82) is 0 Å². The molecule has 26 heavy (non-hydrogen) atoms. The second-order valence-electron chi connectivity index (χ2n) is 6.92. The highest BCUT2D eigenvalue weighted by molar-refractivity contribution is 5.98. The van der Waals surface area contributed by atoms with Crippen molar-refractivity contribution in [2.45, 2.75) is 32.9 Å². The Morgan fingerprint density at radius 3 is 2.69 bits per heavy atom. The number of nitrogens with one attached hydrogen (secondary N) is 2. The van der Waals surface area contributed by atoms with E-state index in [-0.39, 0.29) is 11.9 Å². The van der Waals surface area contributed by atoms with Gasteiger partial charge < -0.3 is 14.9 Å². The third kappa shape index (κ3) is 2.86. The Bertz CT molecular complexity index is 1060. The first-order valence-corrected chi connectivity index (χ1v) is 8.89. The standard InChI is InChI=1S/C21H22N4O/c1-13(2)25-11-10-15-8-9-16(12-19(15)25)21(26)22-14(3)20-23-17-6-4-5-7-18(17)24-20/h4-14H,1-3H3,(H,22,26)(H,23,24). The van der Waals surface area contributed by atoms with E-state index in [0.29, 0.717) is 11.6 Å².